The number of amides is 1. The van der Waals surface area contributed by atoms with E-state index in [0.717, 1.165) is 29.4 Å². The first kappa shape index (κ1) is 13.0. The van der Waals surface area contributed by atoms with Gasteiger partial charge < -0.3 is 11.1 Å². The van der Waals surface area contributed by atoms with Crippen LogP contribution in [0.15, 0.2) is 28.7 Å². The minimum atomic E-state index is -0.298. The molecule has 0 saturated heterocycles. The third kappa shape index (κ3) is 4.23. The van der Waals surface area contributed by atoms with Crippen LogP contribution in [-0.2, 0) is 4.79 Å². The number of halogens is 1. The Balaban J connectivity index is 2.64. The Kier molecular flexibility index (Phi) is 5.32. The van der Waals surface area contributed by atoms with Crippen LogP contribution in [-0.4, -0.2) is 11.9 Å². The number of anilines is 1. The Hall–Kier alpha value is -1.03. The van der Waals surface area contributed by atoms with Crippen molar-refractivity contribution in [3.63, 3.8) is 0 Å². The standard InChI is InChI=1S/C12H17BrN2O/c1-2-3-7-11(12(14)16)15-10-6-4-5-9(13)8-10/h4-6,8,11,15H,2-3,7H2,1H3,(H2,14,16). The SMILES string of the molecule is CCCCC(Nc1cccc(Br)c1)C(N)=O. The van der Waals surface area contributed by atoms with Crippen molar-refractivity contribution in [3.05, 3.63) is 28.7 Å². The van der Waals surface area contributed by atoms with Crippen molar-refractivity contribution in [3.8, 4) is 0 Å². The van der Waals surface area contributed by atoms with Crippen molar-refractivity contribution in [1.82, 2.24) is 0 Å². The summed E-state index contributed by atoms with van der Waals surface area (Å²) in [5.74, 6) is -0.298. The van der Waals surface area contributed by atoms with Gasteiger partial charge in [0.2, 0.25) is 5.91 Å². The lowest BCUT2D eigenvalue weighted by Gasteiger charge is -2.16. The van der Waals surface area contributed by atoms with Crippen molar-refractivity contribution < 1.29 is 4.79 Å². The van der Waals surface area contributed by atoms with Crippen LogP contribution in [0.5, 0.6) is 0 Å². The summed E-state index contributed by atoms with van der Waals surface area (Å²) in [6.45, 7) is 2.09. The van der Waals surface area contributed by atoms with Crippen LogP contribution >= 0.6 is 15.9 Å². The molecular formula is C12H17BrN2O. The highest BCUT2D eigenvalue weighted by atomic mass is 79.9. The molecule has 0 heterocycles. The molecule has 1 rings (SSSR count). The summed E-state index contributed by atoms with van der Waals surface area (Å²) in [7, 11) is 0. The molecule has 0 radical (unpaired) electrons. The van der Waals surface area contributed by atoms with E-state index in [0.29, 0.717) is 0 Å². The minimum Gasteiger partial charge on any atom is -0.374 e. The van der Waals surface area contributed by atoms with Crippen molar-refractivity contribution >= 4 is 27.5 Å². The van der Waals surface area contributed by atoms with E-state index in [1.54, 1.807) is 0 Å². The van der Waals surface area contributed by atoms with Crippen molar-refractivity contribution in [1.29, 1.82) is 0 Å². The van der Waals surface area contributed by atoms with E-state index in [4.69, 9.17) is 5.73 Å². The lowest BCUT2D eigenvalue weighted by atomic mass is 10.1. The van der Waals surface area contributed by atoms with Gasteiger partial charge in [-0.2, -0.15) is 0 Å². The molecule has 3 N–H and O–H groups in total. The van der Waals surface area contributed by atoms with Gasteiger partial charge in [0.05, 0.1) is 0 Å². The van der Waals surface area contributed by atoms with Crippen LogP contribution in [0.4, 0.5) is 5.69 Å². The number of rotatable bonds is 6. The number of benzene rings is 1. The predicted octanol–water partition coefficient (Wildman–Crippen LogP) is 2.91. The summed E-state index contributed by atoms with van der Waals surface area (Å²) < 4.78 is 0.983. The molecule has 1 unspecified atom stereocenters. The van der Waals surface area contributed by atoms with Gasteiger partial charge in [-0.1, -0.05) is 41.8 Å². The highest BCUT2D eigenvalue weighted by molar-refractivity contribution is 9.10. The number of carbonyl (C=O) groups excluding carboxylic acids is 1. The second kappa shape index (κ2) is 6.53. The first-order chi connectivity index (χ1) is 7.63. The van der Waals surface area contributed by atoms with E-state index in [1.807, 2.05) is 24.3 Å². The number of nitrogens with one attached hydrogen (secondary N) is 1. The zero-order valence-corrected chi connectivity index (χ0v) is 11.0. The molecular weight excluding hydrogens is 268 g/mol. The summed E-state index contributed by atoms with van der Waals surface area (Å²) in [4.78, 5) is 11.2. The number of hydrogen-bond acceptors (Lipinski definition) is 2. The molecule has 3 nitrogen and oxygen atoms in total. The summed E-state index contributed by atoms with van der Waals surface area (Å²) in [6.07, 6.45) is 2.83. The summed E-state index contributed by atoms with van der Waals surface area (Å²) >= 11 is 3.39. The van der Waals surface area contributed by atoms with Crippen LogP contribution in [0.2, 0.25) is 0 Å². The largest absolute Gasteiger partial charge is 0.374 e. The first-order valence-corrected chi connectivity index (χ1v) is 6.24. The molecule has 4 heteroatoms. The molecule has 0 aromatic heterocycles. The molecule has 0 spiro atoms. The van der Waals surface area contributed by atoms with E-state index < -0.39 is 0 Å². The zero-order valence-electron chi connectivity index (χ0n) is 9.37. The Bertz CT molecular complexity index is 355. The van der Waals surface area contributed by atoms with Gasteiger partial charge in [-0.25, -0.2) is 0 Å². The topological polar surface area (TPSA) is 55.1 Å². The predicted molar refractivity (Wildman–Crippen MR) is 70.3 cm³/mol. The molecule has 1 aromatic carbocycles. The van der Waals surface area contributed by atoms with Crippen LogP contribution in [0.3, 0.4) is 0 Å². The first-order valence-electron chi connectivity index (χ1n) is 5.45. The molecule has 88 valence electrons. The Morgan fingerprint density at radius 2 is 2.31 bits per heavy atom. The quantitative estimate of drug-likeness (QED) is 0.844. The summed E-state index contributed by atoms with van der Waals surface area (Å²) in [6, 6.07) is 7.43. The second-order valence-corrected chi connectivity index (χ2v) is 4.67. The summed E-state index contributed by atoms with van der Waals surface area (Å²) in [5, 5.41) is 3.15. The average molecular weight is 285 g/mol. The van der Waals surface area contributed by atoms with Crippen LogP contribution in [0.25, 0.3) is 0 Å². The fourth-order valence-corrected chi connectivity index (χ4v) is 1.87. The van der Waals surface area contributed by atoms with Crippen molar-refractivity contribution in [2.75, 3.05) is 5.32 Å². The fourth-order valence-electron chi connectivity index (χ4n) is 1.47. The highest BCUT2D eigenvalue weighted by Gasteiger charge is 2.13. The highest BCUT2D eigenvalue weighted by Crippen LogP contribution is 2.17. The Labute approximate surface area is 105 Å². The van der Waals surface area contributed by atoms with Gasteiger partial charge >= 0.3 is 0 Å². The molecule has 0 aliphatic heterocycles. The van der Waals surface area contributed by atoms with Crippen LogP contribution < -0.4 is 11.1 Å². The molecule has 1 amide bonds. The number of carbonyl (C=O) groups is 1. The van der Waals surface area contributed by atoms with E-state index >= 15 is 0 Å². The zero-order chi connectivity index (χ0) is 12.0. The number of primary amides is 1. The Morgan fingerprint density at radius 3 is 2.88 bits per heavy atom. The maximum Gasteiger partial charge on any atom is 0.239 e. The van der Waals surface area contributed by atoms with Crippen molar-refractivity contribution in [2.45, 2.75) is 32.2 Å². The smallest absolute Gasteiger partial charge is 0.239 e. The van der Waals surface area contributed by atoms with E-state index in [9.17, 15) is 4.79 Å². The normalized spacial score (nSPS) is 12.1. The van der Waals surface area contributed by atoms with Crippen molar-refractivity contribution in [2.24, 2.45) is 5.73 Å². The van der Waals surface area contributed by atoms with E-state index in [1.165, 1.54) is 0 Å². The maximum atomic E-state index is 11.2. The molecule has 16 heavy (non-hydrogen) atoms. The van der Waals surface area contributed by atoms with Gasteiger partial charge in [0.1, 0.15) is 6.04 Å². The number of unbranched alkanes of at least 4 members (excludes halogenated alkanes) is 1. The van der Waals surface area contributed by atoms with Gasteiger partial charge in [0.25, 0.3) is 0 Å². The molecule has 1 aromatic rings. The number of hydrogen-bond donors (Lipinski definition) is 2. The van der Waals surface area contributed by atoms with E-state index in [-0.39, 0.29) is 11.9 Å². The lowest BCUT2D eigenvalue weighted by Crippen LogP contribution is -2.35. The summed E-state index contributed by atoms with van der Waals surface area (Å²) in [5.41, 5.74) is 6.26. The van der Waals surface area contributed by atoms with Gasteiger partial charge in [0.15, 0.2) is 0 Å². The average Bonchev–Trinajstić information content (AvgIpc) is 2.24. The third-order valence-corrected chi connectivity index (χ3v) is 2.85. The van der Waals surface area contributed by atoms with Gasteiger partial charge in [0, 0.05) is 10.2 Å². The van der Waals surface area contributed by atoms with Gasteiger partial charge in [-0.05, 0) is 24.6 Å². The maximum absolute atomic E-state index is 11.2. The molecule has 0 aliphatic carbocycles. The minimum absolute atomic E-state index is 0.283. The molecule has 0 fully saturated rings. The molecule has 0 bridgehead atoms. The molecule has 1 atom stereocenters. The lowest BCUT2D eigenvalue weighted by molar-refractivity contribution is -0.118. The van der Waals surface area contributed by atoms with E-state index in [2.05, 4.69) is 28.2 Å². The van der Waals surface area contributed by atoms with Crippen LogP contribution in [0, 0.1) is 0 Å². The second-order valence-electron chi connectivity index (χ2n) is 3.75. The van der Waals surface area contributed by atoms with Gasteiger partial charge in [-0.15, -0.1) is 0 Å². The molecule has 0 aliphatic rings. The number of nitrogens with two attached hydrogens (primary N) is 1. The third-order valence-electron chi connectivity index (χ3n) is 2.36. The molecule has 0 saturated carbocycles. The fraction of sp³-hybridized carbons (Fsp3) is 0.417. The monoisotopic (exact) mass is 284 g/mol. The van der Waals surface area contributed by atoms with Gasteiger partial charge in [-0.3, -0.25) is 4.79 Å². The Morgan fingerprint density at radius 1 is 1.56 bits per heavy atom. The van der Waals surface area contributed by atoms with Crippen LogP contribution in [0.1, 0.15) is 26.2 Å².